The summed E-state index contributed by atoms with van der Waals surface area (Å²) >= 11 is 6.35. The molecule has 8 heteroatoms. The molecule has 1 unspecified atom stereocenters. The van der Waals surface area contributed by atoms with Crippen molar-refractivity contribution in [3.05, 3.63) is 52.9 Å². The number of hydrogen-bond acceptors (Lipinski definition) is 5. The van der Waals surface area contributed by atoms with Crippen LogP contribution in [0.4, 0.5) is 0 Å². The zero-order valence-corrected chi connectivity index (χ0v) is 16.5. The zero-order chi connectivity index (χ0) is 19.7. The van der Waals surface area contributed by atoms with Crippen molar-refractivity contribution in [2.45, 2.75) is 25.8 Å². The number of benzene rings is 1. The van der Waals surface area contributed by atoms with Gasteiger partial charge < -0.3 is 14.4 Å². The molecule has 4 rings (SSSR count). The summed E-state index contributed by atoms with van der Waals surface area (Å²) < 4.78 is 12.9. The van der Waals surface area contributed by atoms with Gasteiger partial charge in [-0.3, -0.25) is 9.20 Å². The van der Waals surface area contributed by atoms with Gasteiger partial charge in [-0.15, -0.1) is 10.2 Å². The Morgan fingerprint density at radius 3 is 2.96 bits per heavy atom. The Labute approximate surface area is 167 Å². The zero-order valence-electron chi connectivity index (χ0n) is 15.8. The Hall–Kier alpha value is -2.80. The predicted molar refractivity (Wildman–Crippen MR) is 105 cm³/mol. The molecular weight excluding hydrogens is 380 g/mol. The van der Waals surface area contributed by atoms with E-state index in [1.807, 2.05) is 40.6 Å². The van der Waals surface area contributed by atoms with Crippen molar-refractivity contribution in [1.29, 1.82) is 0 Å². The third-order valence-electron chi connectivity index (χ3n) is 4.92. The molecular formula is C20H21ClN4O3. The van der Waals surface area contributed by atoms with Gasteiger partial charge in [-0.2, -0.15) is 0 Å². The Morgan fingerprint density at radius 2 is 2.18 bits per heavy atom. The maximum absolute atomic E-state index is 13.3. The van der Waals surface area contributed by atoms with Crippen LogP contribution >= 0.6 is 11.6 Å². The van der Waals surface area contributed by atoms with E-state index in [0.29, 0.717) is 35.2 Å². The topological polar surface area (TPSA) is 69.0 Å². The molecule has 1 fully saturated rings. The summed E-state index contributed by atoms with van der Waals surface area (Å²) in [6.07, 6.45) is 3.66. The molecule has 28 heavy (non-hydrogen) atoms. The average Bonchev–Trinajstić information content (AvgIpc) is 3.35. The van der Waals surface area contributed by atoms with Crippen molar-refractivity contribution in [2.75, 3.05) is 20.3 Å². The molecule has 0 radical (unpaired) electrons. The minimum atomic E-state index is -0.138. The summed E-state index contributed by atoms with van der Waals surface area (Å²) in [6, 6.07) is 8.92. The monoisotopic (exact) mass is 400 g/mol. The van der Waals surface area contributed by atoms with E-state index in [9.17, 15) is 4.79 Å². The van der Waals surface area contributed by atoms with Crippen LogP contribution in [-0.2, 0) is 0 Å². The fourth-order valence-electron chi connectivity index (χ4n) is 3.66. The summed E-state index contributed by atoms with van der Waals surface area (Å²) in [5.74, 6) is 1.55. The highest BCUT2D eigenvalue weighted by atomic mass is 35.5. The molecule has 3 heterocycles. The van der Waals surface area contributed by atoms with Crippen LogP contribution in [0, 0.1) is 0 Å². The lowest BCUT2D eigenvalue weighted by atomic mass is 10.1. The fraction of sp³-hybridized carbons (Fsp3) is 0.350. The number of rotatable bonds is 5. The van der Waals surface area contributed by atoms with E-state index in [1.54, 1.807) is 12.1 Å². The largest absolute Gasteiger partial charge is 0.493 e. The van der Waals surface area contributed by atoms with E-state index in [4.69, 9.17) is 21.1 Å². The second kappa shape index (κ2) is 7.67. The molecule has 0 saturated carbocycles. The highest BCUT2D eigenvalue weighted by Gasteiger charge is 2.34. The average molecular weight is 401 g/mol. The molecule has 1 saturated heterocycles. The number of hydrogen-bond donors (Lipinski definition) is 0. The molecule has 1 amide bonds. The molecule has 1 aliphatic rings. The number of carbonyl (C=O) groups is 1. The lowest BCUT2D eigenvalue weighted by Crippen LogP contribution is -2.31. The molecule has 0 spiro atoms. The quantitative estimate of drug-likeness (QED) is 0.652. The number of amides is 1. The van der Waals surface area contributed by atoms with Crippen LogP contribution in [0.1, 0.15) is 42.0 Å². The number of aromatic nitrogens is 3. The van der Waals surface area contributed by atoms with E-state index < -0.39 is 0 Å². The van der Waals surface area contributed by atoms with E-state index in [1.165, 1.54) is 7.11 Å². The SMILES string of the molecule is CCOc1c(Cl)cc(C(=O)N2CCCC2c2nnc3ccccn23)cc1OC. The number of fused-ring (bicyclic) bond motifs is 1. The molecule has 0 N–H and O–H groups in total. The highest BCUT2D eigenvalue weighted by molar-refractivity contribution is 6.32. The third kappa shape index (κ3) is 3.16. The van der Waals surface area contributed by atoms with Gasteiger partial charge in [-0.1, -0.05) is 17.7 Å². The lowest BCUT2D eigenvalue weighted by molar-refractivity contribution is 0.0729. The summed E-state index contributed by atoms with van der Waals surface area (Å²) in [5.41, 5.74) is 1.23. The van der Waals surface area contributed by atoms with Crippen LogP contribution in [0.15, 0.2) is 36.5 Å². The molecule has 0 aliphatic carbocycles. The summed E-state index contributed by atoms with van der Waals surface area (Å²) in [6.45, 7) is 2.97. The van der Waals surface area contributed by atoms with E-state index in [2.05, 4.69) is 10.2 Å². The van der Waals surface area contributed by atoms with Gasteiger partial charge >= 0.3 is 0 Å². The first-order valence-electron chi connectivity index (χ1n) is 9.25. The molecule has 146 valence electrons. The highest BCUT2D eigenvalue weighted by Crippen LogP contribution is 2.38. The normalized spacial score (nSPS) is 16.5. The number of pyridine rings is 1. The summed E-state index contributed by atoms with van der Waals surface area (Å²) in [4.78, 5) is 15.1. The van der Waals surface area contributed by atoms with Crippen molar-refractivity contribution in [3.63, 3.8) is 0 Å². The van der Waals surface area contributed by atoms with E-state index >= 15 is 0 Å². The molecule has 3 aromatic rings. The van der Waals surface area contributed by atoms with Crippen LogP contribution in [0.3, 0.4) is 0 Å². The number of likely N-dealkylation sites (tertiary alicyclic amines) is 1. The Kier molecular flexibility index (Phi) is 5.09. The van der Waals surface area contributed by atoms with Gasteiger partial charge in [-0.25, -0.2) is 0 Å². The third-order valence-corrected chi connectivity index (χ3v) is 5.20. The minimum Gasteiger partial charge on any atom is -0.493 e. The van der Waals surface area contributed by atoms with Crippen molar-refractivity contribution < 1.29 is 14.3 Å². The van der Waals surface area contributed by atoms with Crippen LogP contribution < -0.4 is 9.47 Å². The van der Waals surface area contributed by atoms with Crippen LogP contribution in [-0.4, -0.2) is 45.7 Å². The molecule has 1 aromatic carbocycles. The molecule has 7 nitrogen and oxygen atoms in total. The Morgan fingerprint density at radius 1 is 1.32 bits per heavy atom. The van der Waals surface area contributed by atoms with E-state index in [-0.39, 0.29) is 11.9 Å². The summed E-state index contributed by atoms with van der Waals surface area (Å²) in [5, 5.41) is 8.92. The second-order valence-electron chi connectivity index (χ2n) is 6.57. The van der Waals surface area contributed by atoms with Gasteiger partial charge in [-0.05, 0) is 44.0 Å². The van der Waals surface area contributed by atoms with Crippen LogP contribution in [0.2, 0.25) is 5.02 Å². The summed E-state index contributed by atoms with van der Waals surface area (Å²) in [7, 11) is 1.53. The van der Waals surface area contributed by atoms with Gasteiger partial charge in [0.1, 0.15) is 0 Å². The van der Waals surface area contributed by atoms with Crippen molar-refractivity contribution in [2.24, 2.45) is 0 Å². The second-order valence-corrected chi connectivity index (χ2v) is 6.97. The van der Waals surface area contributed by atoms with Gasteiger partial charge in [0.2, 0.25) is 0 Å². The fourth-order valence-corrected chi connectivity index (χ4v) is 3.92. The van der Waals surface area contributed by atoms with Gasteiger partial charge in [0, 0.05) is 18.3 Å². The van der Waals surface area contributed by atoms with Crippen molar-refractivity contribution in [3.8, 4) is 11.5 Å². The van der Waals surface area contributed by atoms with Gasteiger partial charge in [0.25, 0.3) is 5.91 Å². The predicted octanol–water partition coefficient (Wildman–Crippen LogP) is 3.77. The number of methoxy groups -OCH3 is 1. The van der Waals surface area contributed by atoms with Gasteiger partial charge in [0.05, 0.1) is 24.8 Å². The first-order valence-corrected chi connectivity index (χ1v) is 9.62. The molecule has 1 aliphatic heterocycles. The van der Waals surface area contributed by atoms with Crippen LogP contribution in [0.25, 0.3) is 5.65 Å². The number of ether oxygens (including phenoxy) is 2. The van der Waals surface area contributed by atoms with Crippen LogP contribution in [0.5, 0.6) is 11.5 Å². The maximum Gasteiger partial charge on any atom is 0.254 e. The molecule has 0 bridgehead atoms. The first kappa shape index (κ1) is 18.6. The Balaban J connectivity index is 1.68. The smallest absolute Gasteiger partial charge is 0.254 e. The maximum atomic E-state index is 13.3. The first-order chi connectivity index (χ1) is 13.6. The number of carbonyl (C=O) groups excluding carboxylic acids is 1. The minimum absolute atomic E-state index is 0.113. The standard InChI is InChI=1S/C20H21ClN4O3/c1-3-28-18-14(21)11-13(12-16(18)27-2)20(26)24-10-6-7-15(24)19-23-22-17-8-4-5-9-25(17)19/h4-5,8-9,11-12,15H,3,6-7,10H2,1-2H3. The number of nitrogens with zero attached hydrogens (tertiary/aromatic N) is 4. The van der Waals surface area contributed by atoms with Crippen molar-refractivity contribution in [1.82, 2.24) is 19.5 Å². The van der Waals surface area contributed by atoms with Crippen molar-refractivity contribution >= 4 is 23.2 Å². The molecule has 2 aromatic heterocycles. The van der Waals surface area contributed by atoms with E-state index in [0.717, 1.165) is 24.3 Å². The Bertz CT molecular complexity index is 1020. The molecule has 1 atom stereocenters. The van der Waals surface area contributed by atoms with Gasteiger partial charge in [0.15, 0.2) is 23.0 Å². The lowest BCUT2D eigenvalue weighted by Gasteiger charge is -2.24. The number of halogens is 1.